The number of pyridine rings is 1. The topological polar surface area (TPSA) is 71.3 Å². The fraction of sp³-hybridized carbons (Fsp3) is 0.550. The van der Waals surface area contributed by atoms with E-state index in [0.29, 0.717) is 18.8 Å². The predicted octanol–water partition coefficient (Wildman–Crippen LogP) is 4.01. The molecule has 6 nitrogen and oxygen atoms in total. The van der Waals surface area contributed by atoms with Crippen LogP contribution in [0.4, 0.5) is 11.5 Å². The normalized spacial score (nSPS) is 14.3. The van der Waals surface area contributed by atoms with Crippen molar-refractivity contribution in [3.63, 3.8) is 0 Å². The van der Waals surface area contributed by atoms with Crippen LogP contribution in [0, 0.1) is 19.3 Å². The van der Waals surface area contributed by atoms with Gasteiger partial charge in [0.05, 0.1) is 24.1 Å². The fourth-order valence-electron chi connectivity index (χ4n) is 3.24. The molecule has 1 amide bonds. The molecule has 2 aromatic rings. The molecule has 0 radical (unpaired) electrons. The van der Waals surface area contributed by atoms with E-state index in [9.17, 15) is 4.79 Å². The lowest BCUT2D eigenvalue weighted by atomic mass is 9.92. The van der Waals surface area contributed by atoms with Crippen molar-refractivity contribution >= 4 is 17.4 Å². The molecule has 3 rings (SSSR count). The summed E-state index contributed by atoms with van der Waals surface area (Å²) in [5.74, 6) is 1.58. The Morgan fingerprint density at radius 1 is 1.31 bits per heavy atom. The standard InChI is InChI=1S/C20H28N4O2/c1-13-9-16-15(22-19(13)23-18(25)10-20(3,4)5)7-6-8-24(16)12-17-14(2)11-21-26-17/h9,11H,6-8,10,12H2,1-5H3,(H,22,23,25). The van der Waals surface area contributed by atoms with Gasteiger partial charge in [-0.1, -0.05) is 25.9 Å². The zero-order valence-electron chi connectivity index (χ0n) is 16.3. The molecule has 0 aromatic carbocycles. The van der Waals surface area contributed by atoms with Gasteiger partial charge in [0.15, 0.2) is 5.76 Å². The van der Waals surface area contributed by atoms with Gasteiger partial charge >= 0.3 is 0 Å². The van der Waals surface area contributed by atoms with Crippen LogP contribution in [-0.2, 0) is 17.8 Å². The molecule has 3 heterocycles. The van der Waals surface area contributed by atoms with E-state index in [1.54, 1.807) is 6.20 Å². The first kappa shape index (κ1) is 18.4. The number of amides is 1. The third kappa shape index (κ3) is 4.23. The number of aromatic nitrogens is 2. The van der Waals surface area contributed by atoms with Crippen molar-refractivity contribution in [2.45, 2.75) is 60.4 Å². The highest BCUT2D eigenvalue weighted by Gasteiger charge is 2.23. The molecule has 6 heteroatoms. The SMILES string of the molecule is Cc1cc2c(nc1NC(=O)CC(C)(C)C)CCCN2Cc1oncc1C. The van der Waals surface area contributed by atoms with Crippen molar-refractivity contribution in [2.24, 2.45) is 5.41 Å². The summed E-state index contributed by atoms with van der Waals surface area (Å²) in [4.78, 5) is 19.3. The number of hydrogen-bond acceptors (Lipinski definition) is 5. The summed E-state index contributed by atoms with van der Waals surface area (Å²) >= 11 is 0. The van der Waals surface area contributed by atoms with Gasteiger partial charge in [-0.05, 0) is 43.7 Å². The largest absolute Gasteiger partial charge is 0.362 e. The average Bonchev–Trinajstić information content (AvgIpc) is 2.92. The van der Waals surface area contributed by atoms with E-state index >= 15 is 0 Å². The number of anilines is 2. The first-order valence-electron chi connectivity index (χ1n) is 9.18. The van der Waals surface area contributed by atoms with Gasteiger partial charge in [-0.3, -0.25) is 4.79 Å². The van der Waals surface area contributed by atoms with Gasteiger partial charge in [0.1, 0.15) is 5.82 Å². The van der Waals surface area contributed by atoms with Gasteiger partial charge in [0.25, 0.3) is 0 Å². The van der Waals surface area contributed by atoms with Crippen LogP contribution in [0.3, 0.4) is 0 Å². The van der Waals surface area contributed by atoms with Gasteiger partial charge in [-0.25, -0.2) is 4.98 Å². The van der Waals surface area contributed by atoms with Crippen LogP contribution in [0.25, 0.3) is 0 Å². The molecule has 0 aliphatic carbocycles. The Hall–Kier alpha value is -2.37. The predicted molar refractivity (Wildman–Crippen MR) is 102 cm³/mol. The Morgan fingerprint density at radius 2 is 2.08 bits per heavy atom. The molecule has 2 aromatic heterocycles. The van der Waals surface area contributed by atoms with Crippen LogP contribution in [-0.4, -0.2) is 22.6 Å². The zero-order valence-corrected chi connectivity index (χ0v) is 16.3. The first-order chi connectivity index (χ1) is 12.2. The van der Waals surface area contributed by atoms with E-state index in [1.165, 1.54) is 0 Å². The summed E-state index contributed by atoms with van der Waals surface area (Å²) in [5.41, 5.74) is 4.15. The molecular formula is C20H28N4O2. The molecule has 0 spiro atoms. The maximum atomic E-state index is 12.3. The highest BCUT2D eigenvalue weighted by molar-refractivity contribution is 5.91. The number of nitrogens with zero attached hydrogens (tertiary/aromatic N) is 3. The maximum absolute atomic E-state index is 12.3. The van der Waals surface area contributed by atoms with Crippen LogP contribution in [0.5, 0.6) is 0 Å². The molecule has 1 aliphatic heterocycles. The van der Waals surface area contributed by atoms with Gasteiger partial charge in [0, 0.05) is 18.5 Å². The summed E-state index contributed by atoms with van der Waals surface area (Å²) < 4.78 is 5.37. The van der Waals surface area contributed by atoms with Gasteiger partial charge in [-0.15, -0.1) is 0 Å². The summed E-state index contributed by atoms with van der Waals surface area (Å²) in [6.45, 7) is 11.8. The number of aryl methyl sites for hydroxylation is 3. The zero-order chi connectivity index (χ0) is 18.9. The quantitative estimate of drug-likeness (QED) is 0.896. The lowest BCUT2D eigenvalue weighted by molar-refractivity contribution is -0.117. The Bertz CT molecular complexity index is 805. The molecular weight excluding hydrogens is 328 g/mol. The van der Waals surface area contributed by atoms with Crippen LogP contribution in [0.15, 0.2) is 16.8 Å². The fourth-order valence-corrected chi connectivity index (χ4v) is 3.24. The minimum Gasteiger partial charge on any atom is -0.362 e. The maximum Gasteiger partial charge on any atom is 0.226 e. The van der Waals surface area contributed by atoms with Gasteiger partial charge < -0.3 is 14.7 Å². The van der Waals surface area contributed by atoms with E-state index in [4.69, 9.17) is 9.51 Å². The Labute approximate surface area is 155 Å². The minimum atomic E-state index is -0.0437. The number of rotatable bonds is 4. The molecule has 0 saturated heterocycles. The summed E-state index contributed by atoms with van der Waals surface area (Å²) in [6, 6.07) is 2.12. The average molecular weight is 356 g/mol. The Morgan fingerprint density at radius 3 is 2.73 bits per heavy atom. The molecule has 0 atom stereocenters. The number of nitrogens with one attached hydrogen (secondary N) is 1. The minimum absolute atomic E-state index is 0.0120. The van der Waals surface area contributed by atoms with E-state index < -0.39 is 0 Å². The molecule has 0 bridgehead atoms. The van der Waals surface area contributed by atoms with Crippen LogP contribution in [0.1, 0.15) is 56.2 Å². The van der Waals surface area contributed by atoms with E-state index in [1.807, 2.05) is 13.8 Å². The van der Waals surface area contributed by atoms with Crippen molar-refractivity contribution < 1.29 is 9.32 Å². The van der Waals surface area contributed by atoms with Crippen LogP contribution in [0.2, 0.25) is 0 Å². The second-order valence-corrected chi connectivity index (χ2v) is 8.36. The molecule has 0 unspecified atom stereocenters. The van der Waals surface area contributed by atoms with Crippen molar-refractivity contribution in [1.29, 1.82) is 0 Å². The van der Waals surface area contributed by atoms with Crippen molar-refractivity contribution in [1.82, 2.24) is 10.1 Å². The van der Waals surface area contributed by atoms with Crippen molar-refractivity contribution in [2.75, 3.05) is 16.8 Å². The van der Waals surface area contributed by atoms with Gasteiger partial charge in [0.2, 0.25) is 5.91 Å². The van der Waals surface area contributed by atoms with Crippen molar-refractivity contribution in [3.8, 4) is 0 Å². The molecule has 140 valence electrons. The summed E-state index contributed by atoms with van der Waals surface area (Å²) in [5, 5.41) is 6.86. The monoisotopic (exact) mass is 356 g/mol. The van der Waals surface area contributed by atoms with Crippen LogP contribution < -0.4 is 10.2 Å². The van der Waals surface area contributed by atoms with E-state index in [2.05, 4.69) is 42.2 Å². The van der Waals surface area contributed by atoms with E-state index in [0.717, 1.165) is 47.7 Å². The lowest BCUT2D eigenvalue weighted by Crippen LogP contribution is -2.30. The number of carbonyl (C=O) groups excluding carboxylic acids is 1. The van der Waals surface area contributed by atoms with Crippen LogP contribution >= 0.6 is 0 Å². The van der Waals surface area contributed by atoms with E-state index in [-0.39, 0.29) is 11.3 Å². The lowest BCUT2D eigenvalue weighted by Gasteiger charge is -2.31. The van der Waals surface area contributed by atoms with Crippen molar-refractivity contribution in [3.05, 3.63) is 34.8 Å². The second-order valence-electron chi connectivity index (χ2n) is 8.36. The molecule has 26 heavy (non-hydrogen) atoms. The third-order valence-corrected chi connectivity index (χ3v) is 4.58. The molecule has 0 saturated carbocycles. The highest BCUT2D eigenvalue weighted by Crippen LogP contribution is 2.31. The Balaban J connectivity index is 1.81. The highest BCUT2D eigenvalue weighted by atomic mass is 16.5. The Kier molecular flexibility index (Phi) is 5.03. The first-order valence-corrected chi connectivity index (χ1v) is 9.18. The smallest absolute Gasteiger partial charge is 0.226 e. The third-order valence-electron chi connectivity index (χ3n) is 4.58. The second kappa shape index (κ2) is 7.09. The summed E-state index contributed by atoms with van der Waals surface area (Å²) in [7, 11) is 0. The van der Waals surface area contributed by atoms with Gasteiger partial charge in [-0.2, -0.15) is 0 Å². The number of carbonyl (C=O) groups is 1. The molecule has 0 fully saturated rings. The molecule has 1 aliphatic rings. The number of hydrogen-bond donors (Lipinski definition) is 1. The number of fused-ring (bicyclic) bond motifs is 1. The summed E-state index contributed by atoms with van der Waals surface area (Å²) in [6.07, 6.45) is 4.18. The molecule has 1 N–H and O–H groups in total.